The molecule has 3 N–H and O–H groups in total. The van der Waals surface area contributed by atoms with Gasteiger partial charge in [-0.3, -0.25) is 4.99 Å². The minimum absolute atomic E-state index is 0. The summed E-state index contributed by atoms with van der Waals surface area (Å²) in [7, 11) is -1.41. The number of benzene rings is 1. The maximum absolute atomic E-state index is 11.4. The van der Waals surface area contributed by atoms with Gasteiger partial charge in [-0.2, -0.15) is 0 Å². The molecule has 0 unspecified atom stereocenters. The van der Waals surface area contributed by atoms with Crippen LogP contribution in [0.3, 0.4) is 0 Å². The number of rotatable bonds is 11. The van der Waals surface area contributed by atoms with Crippen LogP contribution in [-0.4, -0.2) is 46.9 Å². The van der Waals surface area contributed by atoms with E-state index < -0.39 is 10.0 Å². The first-order chi connectivity index (χ1) is 12.5. The molecule has 154 valence electrons. The Morgan fingerprint density at radius 3 is 2.63 bits per heavy atom. The van der Waals surface area contributed by atoms with Crippen LogP contribution in [0.1, 0.15) is 31.7 Å². The highest BCUT2D eigenvalue weighted by Gasteiger charge is 2.22. The zero-order valence-corrected chi connectivity index (χ0v) is 19.2. The Morgan fingerprint density at radius 2 is 1.96 bits per heavy atom. The van der Waals surface area contributed by atoms with E-state index in [1.807, 2.05) is 24.3 Å². The van der Waals surface area contributed by atoms with E-state index in [2.05, 4.69) is 20.3 Å². The molecule has 0 radical (unpaired) electrons. The van der Waals surface area contributed by atoms with Crippen LogP contribution < -0.4 is 20.1 Å². The highest BCUT2D eigenvalue weighted by molar-refractivity contribution is 14.0. The molecule has 0 atom stereocenters. The summed E-state index contributed by atoms with van der Waals surface area (Å²) in [6, 6.07) is 8.02. The van der Waals surface area contributed by atoms with Gasteiger partial charge in [0, 0.05) is 32.2 Å². The van der Waals surface area contributed by atoms with Gasteiger partial charge in [-0.25, -0.2) is 13.1 Å². The van der Waals surface area contributed by atoms with Gasteiger partial charge in [-0.1, -0.05) is 18.2 Å². The van der Waals surface area contributed by atoms with Crippen molar-refractivity contribution in [3.05, 3.63) is 29.8 Å². The lowest BCUT2D eigenvalue weighted by Crippen LogP contribution is -2.38. The molecule has 1 aromatic rings. The fourth-order valence-electron chi connectivity index (χ4n) is 2.31. The lowest BCUT2D eigenvalue weighted by molar-refractivity contribution is 0.296. The van der Waals surface area contributed by atoms with E-state index in [9.17, 15) is 8.42 Å². The van der Waals surface area contributed by atoms with Crippen molar-refractivity contribution in [3.8, 4) is 5.75 Å². The molecule has 27 heavy (non-hydrogen) atoms. The molecule has 1 fully saturated rings. The van der Waals surface area contributed by atoms with Crippen molar-refractivity contribution >= 4 is 40.0 Å². The predicted octanol–water partition coefficient (Wildman–Crippen LogP) is 2.09. The fraction of sp³-hybridized carbons (Fsp3) is 0.611. The van der Waals surface area contributed by atoms with Crippen molar-refractivity contribution in [2.75, 3.05) is 32.5 Å². The molecule has 0 heterocycles. The van der Waals surface area contributed by atoms with Gasteiger partial charge in [0.2, 0.25) is 10.0 Å². The van der Waals surface area contributed by atoms with Crippen molar-refractivity contribution in [1.29, 1.82) is 0 Å². The first-order valence-electron chi connectivity index (χ1n) is 9.16. The molecule has 0 aromatic heterocycles. The van der Waals surface area contributed by atoms with E-state index in [4.69, 9.17) is 4.74 Å². The van der Waals surface area contributed by atoms with Crippen molar-refractivity contribution in [2.45, 2.75) is 32.7 Å². The summed E-state index contributed by atoms with van der Waals surface area (Å²) in [6.45, 7) is 4.07. The molecular formula is C18H31IN4O3S. The summed E-state index contributed by atoms with van der Waals surface area (Å²) < 4.78 is 31.2. The fourth-order valence-corrected chi connectivity index (χ4v) is 2.97. The number of hydrogen-bond acceptors (Lipinski definition) is 4. The molecule has 0 bridgehead atoms. The number of sulfonamides is 1. The number of nitrogens with one attached hydrogen (secondary N) is 3. The van der Waals surface area contributed by atoms with Crippen molar-refractivity contribution in [1.82, 2.24) is 15.4 Å². The molecule has 1 aromatic carbocycles. The molecular weight excluding hydrogens is 479 g/mol. The third-order valence-corrected chi connectivity index (χ3v) is 5.57. The largest absolute Gasteiger partial charge is 0.493 e. The van der Waals surface area contributed by atoms with Crippen LogP contribution in [0.2, 0.25) is 0 Å². The second-order valence-corrected chi connectivity index (χ2v) is 8.46. The van der Waals surface area contributed by atoms with E-state index in [0.29, 0.717) is 32.0 Å². The van der Waals surface area contributed by atoms with Gasteiger partial charge in [0.05, 0.1) is 12.4 Å². The number of halogens is 1. The number of aliphatic imine (C=N–C) groups is 1. The summed E-state index contributed by atoms with van der Waals surface area (Å²) in [5.41, 5.74) is 1.09. The monoisotopic (exact) mass is 510 g/mol. The molecule has 0 saturated heterocycles. The zero-order valence-electron chi connectivity index (χ0n) is 16.0. The van der Waals surface area contributed by atoms with Gasteiger partial charge >= 0.3 is 0 Å². The molecule has 0 amide bonds. The third kappa shape index (κ3) is 9.61. The molecule has 1 saturated carbocycles. The molecule has 1 aliphatic rings. The highest BCUT2D eigenvalue weighted by Crippen LogP contribution is 2.30. The Morgan fingerprint density at radius 1 is 1.22 bits per heavy atom. The smallest absolute Gasteiger partial charge is 0.211 e. The Hall–Kier alpha value is -1.07. The normalized spacial score (nSPS) is 14.4. The topological polar surface area (TPSA) is 91.8 Å². The Labute approximate surface area is 179 Å². The number of nitrogens with zero attached hydrogens (tertiary/aromatic N) is 1. The van der Waals surface area contributed by atoms with Crippen LogP contribution in [0.15, 0.2) is 29.3 Å². The number of para-hydroxylation sites is 1. The average Bonchev–Trinajstić information content (AvgIpc) is 3.47. The molecule has 2 rings (SSSR count). The number of hydrogen-bond donors (Lipinski definition) is 3. The van der Waals surface area contributed by atoms with E-state index >= 15 is 0 Å². The Bertz CT molecular complexity index is 694. The average molecular weight is 510 g/mol. The van der Waals surface area contributed by atoms with E-state index in [0.717, 1.165) is 23.8 Å². The van der Waals surface area contributed by atoms with Crippen LogP contribution in [0, 0.1) is 5.92 Å². The van der Waals surface area contributed by atoms with Gasteiger partial charge in [-0.05, 0) is 38.2 Å². The second kappa shape index (κ2) is 12.4. The highest BCUT2D eigenvalue weighted by atomic mass is 127. The van der Waals surface area contributed by atoms with Crippen molar-refractivity contribution < 1.29 is 13.2 Å². The van der Waals surface area contributed by atoms with Crippen LogP contribution in [-0.2, 0) is 16.6 Å². The minimum atomic E-state index is -3.12. The maximum Gasteiger partial charge on any atom is 0.211 e. The lowest BCUT2D eigenvalue weighted by atomic mass is 10.2. The summed E-state index contributed by atoms with van der Waals surface area (Å²) in [4.78, 5) is 4.19. The van der Waals surface area contributed by atoms with Crippen LogP contribution >= 0.6 is 24.0 Å². The summed E-state index contributed by atoms with van der Waals surface area (Å²) in [5.74, 6) is 2.42. The minimum Gasteiger partial charge on any atom is -0.493 e. The van der Waals surface area contributed by atoms with Gasteiger partial charge < -0.3 is 15.4 Å². The van der Waals surface area contributed by atoms with E-state index in [1.54, 1.807) is 14.0 Å². The first kappa shape index (κ1) is 24.0. The van der Waals surface area contributed by atoms with Crippen LogP contribution in [0.25, 0.3) is 0 Å². The van der Waals surface area contributed by atoms with E-state index in [1.165, 1.54) is 12.8 Å². The first-order valence-corrected chi connectivity index (χ1v) is 10.8. The molecule has 7 nitrogen and oxygen atoms in total. The zero-order chi connectivity index (χ0) is 18.8. The molecule has 0 aliphatic heterocycles. The van der Waals surface area contributed by atoms with Gasteiger partial charge in [0.25, 0.3) is 0 Å². The second-order valence-electron chi connectivity index (χ2n) is 6.37. The molecule has 0 spiro atoms. The number of ether oxygens (including phenoxy) is 1. The molecule has 9 heteroatoms. The third-order valence-electron chi connectivity index (χ3n) is 4.16. The molecule has 1 aliphatic carbocycles. The summed E-state index contributed by atoms with van der Waals surface area (Å²) >= 11 is 0. The Kier molecular flexibility index (Phi) is 11.0. The quantitative estimate of drug-likeness (QED) is 0.184. The summed E-state index contributed by atoms with van der Waals surface area (Å²) in [6.07, 6.45) is 3.22. The maximum atomic E-state index is 11.4. The van der Waals surface area contributed by atoms with Crippen LogP contribution in [0.5, 0.6) is 5.75 Å². The Balaban J connectivity index is 0.00000364. The lowest BCUT2D eigenvalue weighted by Gasteiger charge is -2.15. The predicted molar refractivity (Wildman–Crippen MR) is 120 cm³/mol. The standard InChI is InChI=1S/C18H30N4O3S.HI/c1-3-26(23,24)22-12-6-11-20-18(19-2)21-13-16-7-4-5-8-17(16)25-14-15-9-10-15;/h4-5,7-8,15,22H,3,6,9-14H2,1-2H3,(H2,19,20,21);1H. The summed E-state index contributed by atoms with van der Waals surface area (Å²) in [5, 5.41) is 6.45. The van der Waals surface area contributed by atoms with Gasteiger partial charge in [0.1, 0.15) is 5.75 Å². The van der Waals surface area contributed by atoms with Crippen molar-refractivity contribution in [3.63, 3.8) is 0 Å². The van der Waals surface area contributed by atoms with Gasteiger partial charge in [-0.15, -0.1) is 24.0 Å². The van der Waals surface area contributed by atoms with Crippen LogP contribution in [0.4, 0.5) is 0 Å². The van der Waals surface area contributed by atoms with Gasteiger partial charge in [0.15, 0.2) is 5.96 Å². The van der Waals surface area contributed by atoms with Crippen molar-refractivity contribution in [2.24, 2.45) is 10.9 Å². The SMILES string of the molecule is CCS(=O)(=O)NCCCNC(=NC)NCc1ccccc1OCC1CC1.I. The number of guanidine groups is 1. The van der Waals surface area contributed by atoms with E-state index in [-0.39, 0.29) is 29.7 Å².